The molecule has 2 amide bonds. The lowest BCUT2D eigenvalue weighted by Crippen LogP contribution is -2.51. The van der Waals surface area contributed by atoms with Crippen molar-refractivity contribution in [1.82, 2.24) is 9.80 Å². The van der Waals surface area contributed by atoms with Gasteiger partial charge in [0.1, 0.15) is 0 Å². The van der Waals surface area contributed by atoms with E-state index < -0.39 is 0 Å². The number of amides is 2. The molecule has 0 aromatic heterocycles. The van der Waals surface area contributed by atoms with Gasteiger partial charge >= 0.3 is 12.0 Å². The highest BCUT2D eigenvalue weighted by atomic mass is 79.9. The Kier molecular flexibility index (Phi) is 6.21. The number of para-hydroxylation sites is 1. The summed E-state index contributed by atoms with van der Waals surface area (Å²) in [6, 6.07) is 7.37. The Morgan fingerprint density at radius 3 is 2.55 bits per heavy atom. The van der Waals surface area contributed by atoms with Gasteiger partial charge in [-0.1, -0.05) is 12.1 Å². The summed E-state index contributed by atoms with van der Waals surface area (Å²) in [6.45, 7) is 5.00. The maximum absolute atomic E-state index is 12.2. The molecule has 0 radical (unpaired) electrons. The van der Waals surface area contributed by atoms with Gasteiger partial charge in [-0.25, -0.2) is 4.79 Å². The molecule has 1 aliphatic heterocycles. The van der Waals surface area contributed by atoms with Gasteiger partial charge in [-0.2, -0.15) is 0 Å². The Bertz CT molecular complexity index is 531. The van der Waals surface area contributed by atoms with Gasteiger partial charge in [0.2, 0.25) is 0 Å². The summed E-state index contributed by atoms with van der Waals surface area (Å²) < 4.78 is 5.78. The molecule has 1 aromatic carbocycles. The van der Waals surface area contributed by atoms with E-state index in [0.29, 0.717) is 32.8 Å². The molecular formula is C15H20BrN3O3. The normalized spacial score (nSPS) is 15.5. The molecule has 1 fully saturated rings. The molecule has 0 spiro atoms. The molecule has 0 saturated carbocycles. The molecule has 1 aromatic rings. The first-order chi connectivity index (χ1) is 10.6. The second kappa shape index (κ2) is 8.14. The summed E-state index contributed by atoms with van der Waals surface area (Å²) in [6.07, 6.45) is 0. The lowest BCUT2D eigenvalue weighted by Gasteiger charge is -2.34. The van der Waals surface area contributed by atoms with Crippen LogP contribution < -0.4 is 5.32 Å². The quantitative estimate of drug-likeness (QED) is 0.826. The zero-order chi connectivity index (χ0) is 15.9. The number of nitrogens with one attached hydrogen (secondary N) is 1. The maximum Gasteiger partial charge on any atom is 0.321 e. The SMILES string of the molecule is CCOC(=O)CN1CCN(C(=O)Nc2ccccc2Br)CC1. The molecule has 1 heterocycles. The minimum atomic E-state index is -0.214. The first-order valence-corrected chi connectivity index (χ1v) is 8.08. The van der Waals surface area contributed by atoms with Crippen molar-refractivity contribution in [3.63, 3.8) is 0 Å². The molecule has 22 heavy (non-hydrogen) atoms. The third kappa shape index (κ3) is 4.71. The van der Waals surface area contributed by atoms with Crippen molar-refractivity contribution in [3.05, 3.63) is 28.7 Å². The van der Waals surface area contributed by atoms with E-state index in [4.69, 9.17) is 4.74 Å². The average Bonchev–Trinajstić information content (AvgIpc) is 2.50. The predicted molar refractivity (Wildman–Crippen MR) is 87.8 cm³/mol. The number of hydrogen-bond donors (Lipinski definition) is 1. The number of anilines is 1. The van der Waals surface area contributed by atoms with E-state index in [1.54, 1.807) is 11.8 Å². The van der Waals surface area contributed by atoms with Gasteiger partial charge in [-0.15, -0.1) is 0 Å². The molecular weight excluding hydrogens is 350 g/mol. The Balaban J connectivity index is 1.80. The van der Waals surface area contributed by atoms with Crippen LogP contribution in [0.5, 0.6) is 0 Å². The Morgan fingerprint density at radius 1 is 1.23 bits per heavy atom. The van der Waals surface area contributed by atoms with Crippen molar-refractivity contribution in [3.8, 4) is 0 Å². The summed E-state index contributed by atoms with van der Waals surface area (Å²) in [5, 5.41) is 2.89. The maximum atomic E-state index is 12.2. The van der Waals surface area contributed by atoms with Gasteiger partial charge in [0, 0.05) is 30.7 Å². The highest BCUT2D eigenvalue weighted by Gasteiger charge is 2.23. The lowest BCUT2D eigenvalue weighted by molar-refractivity contribution is -0.144. The van der Waals surface area contributed by atoms with Gasteiger partial charge < -0.3 is 15.0 Å². The molecule has 0 aliphatic carbocycles. The average molecular weight is 370 g/mol. The van der Waals surface area contributed by atoms with Crippen LogP contribution >= 0.6 is 15.9 Å². The third-order valence-electron chi connectivity index (χ3n) is 3.43. The number of piperazine rings is 1. The van der Waals surface area contributed by atoms with Crippen LogP contribution in [0.25, 0.3) is 0 Å². The lowest BCUT2D eigenvalue weighted by atomic mass is 10.3. The number of urea groups is 1. The zero-order valence-electron chi connectivity index (χ0n) is 12.5. The van der Waals surface area contributed by atoms with Crippen molar-refractivity contribution < 1.29 is 14.3 Å². The second-order valence-electron chi connectivity index (χ2n) is 4.98. The number of hydrogen-bond acceptors (Lipinski definition) is 4. The van der Waals surface area contributed by atoms with E-state index >= 15 is 0 Å². The topological polar surface area (TPSA) is 61.9 Å². The van der Waals surface area contributed by atoms with E-state index in [2.05, 4.69) is 21.2 Å². The second-order valence-corrected chi connectivity index (χ2v) is 5.83. The molecule has 1 aliphatic rings. The number of ether oxygens (including phenoxy) is 1. The van der Waals surface area contributed by atoms with Crippen molar-refractivity contribution in [2.75, 3.05) is 44.6 Å². The first kappa shape index (κ1) is 16.8. The van der Waals surface area contributed by atoms with E-state index in [-0.39, 0.29) is 18.5 Å². The number of carbonyl (C=O) groups excluding carboxylic acids is 2. The molecule has 6 nitrogen and oxygen atoms in total. The fraction of sp³-hybridized carbons (Fsp3) is 0.467. The highest BCUT2D eigenvalue weighted by Crippen LogP contribution is 2.21. The fourth-order valence-electron chi connectivity index (χ4n) is 2.26. The van der Waals surface area contributed by atoms with Gasteiger partial charge in [-0.05, 0) is 35.0 Å². The molecule has 7 heteroatoms. The Labute approximate surface area is 138 Å². The Morgan fingerprint density at radius 2 is 1.91 bits per heavy atom. The van der Waals surface area contributed by atoms with Gasteiger partial charge in [0.25, 0.3) is 0 Å². The van der Waals surface area contributed by atoms with Gasteiger partial charge in [0.15, 0.2) is 0 Å². The van der Waals surface area contributed by atoms with Crippen LogP contribution in [0, 0.1) is 0 Å². The first-order valence-electron chi connectivity index (χ1n) is 7.28. The summed E-state index contributed by atoms with van der Waals surface area (Å²) in [5.41, 5.74) is 0.751. The number of esters is 1. The van der Waals surface area contributed by atoms with Crippen LogP contribution in [0.2, 0.25) is 0 Å². The minimum absolute atomic E-state index is 0.123. The number of benzene rings is 1. The Hall–Kier alpha value is -1.60. The molecule has 1 N–H and O–H groups in total. The van der Waals surface area contributed by atoms with Crippen molar-refractivity contribution in [2.24, 2.45) is 0 Å². The third-order valence-corrected chi connectivity index (χ3v) is 4.12. The highest BCUT2D eigenvalue weighted by molar-refractivity contribution is 9.10. The van der Waals surface area contributed by atoms with Gasteiger partial charge in [-0.3, -0.25) is 9.69 Å². The number of nitrogens with zero attached hydrogens (tertiary/aromatic N) is 2. The summed E-state index contributed by atoms with van der Waals surface area (Å²) in [5.74, 6) is -0.214. The number of rotatable bonds is 4. The molecule has 0 atom stereocenters. The summed E-state index contributed by atoms with van der Waals surface area (Å²) in [4.78, 5) is 27.4. The van der Waals surface area contributed by atoms with Crippen LogP contribution in [0.4, 0.5) is 10.5 Å². The van der Waals surface area contributed by atoms with E-state index in [0.717, 1.165) is 10.2 Å². The van der Waals surface area contributed by atoms with Crippen LogP contribution in [0.15, 0.2) is 28.7 Å². The monoisotopic (exact) mass is 369 g/mol. The largest absolute Gasteiger partial charge is 0.465 e. The standard InChI is InChI=1S/C15H20BrN3O3/c1-2-22-14(20)11-18-7-9-19(10-8-18)15(21)17-13-6-4-3-5-12(13)16/h3-6H,2,7-11H2,1H3,(H,17,21). The van der Waals surface area contributed by atoms with Gasteiger partial charge in [0.05, 0.1) is 18.8 Å². The van der Waals surface area contributed by atoms with E-state index in [1.807, 2.05) is 29.2 Å². The molecule has 1 saturated heterocycles. The zero-order valence-corrected chi connectivity index (χ0v) is 14.1. The number of carbonyl (C=O) groups is 2. The van der Waals surface area contributed by atoms with Crippen molar-refractivity contribution >= 4 is 33.6 Å². The molecule has 0 unspecified atom stereocenters. The van der Waals surface area contributed by atoms with Crippen molar-refractivity contribution in [1.29, 1.82) is 0 Å². The van der Waals surface area contributed by atoms with E-state index in [1.165, 1.54) is 0 Å². The van der Waals surface area contributed by atoms with E-state index in [9.17, 15) is 9.59 Å². The molecule has 120 valence electrons. The number of halogens is 1. The minimum Gasteiger partial charge on any atom is -0.465 e. The predicted octanol–water partition coefficient (Wildman–Crippen LogP) is 2.16. The molecule has 0 bridgehead atoms. The molecule has 2 rings (SSSR count). The fourth-order valence-corrected chi connectivity index (χ4v) is 2.64. The smallest absolute Gasteiger partial charge is 0.321 e. The van der Waals surface area contributed by atoms with Crippen molar-refractivity contribution in [2.45, 2.75) is 6.92 Å². The van der Waals surface area contributed by atoms with Crippen LogP contribution in [0.1, 0.15) is 6.92 Å². The van der Waals surface area contributed by atoms with Crippen LogP contribution in [-0.2, 0) is 9.53 Å². The summed E-state index contributed by atoms with van der Waals surface area (Å²) >= 11 is 3.41. The van der Waals surface area contributed by atoms with Crippen LogP contribution in [0.3, 0.4) is 0 Å². The van der Waals surface area contributed by atoms with Crippen LogP contribution in [-0.4, -0.2) is 61.1 Å². The summed E-state index contributed by atoms with van der Waals surface area (Å²) in [7, 11) is 0.